The van der Waals surface area contributed by atoms with Gasteiger partial charge < -0.3 is 20.1 Å². The van der Waals surface area contributed by atoms with Crippen LogP contribution in [-0.2, 0) is 9.53 Å². The zero-order chi connectivity index (χ0) is 21.5. The van der Waals surface area contributed by atoms with Crippen LogP contribution >= 0.6 is 0 Å². The molecule has 0 aromatic heterocycles. The van der Waals surface area contributed by atoms with Gasteiger partial charge >= 0.3 is 6.09 Å². The smallest absolute Gasteiger partial charge is 0.407 e. The van der Waals surface area contributed by atoms with Crippen molar-refractivity contribution in [2.45, 2.75) is 71.6 Å². The summed E-state index contributed by atoms with van der Waals surface area (Å²) < 4.78 is 36.9. The van der Waals surface area contributed by atoms with Crippen LogP contribution in [0.4, 0.5) is 13.6 Å². The molecule has 2 N–H and O–H groups in total. The van der Waals surface area contributed by atoms with Gasteiger partial charge in [-0.2, -0.15) is 0 Å². The molecular formula is C20H30F2N2O4. The predicted octanol–water partition coefficient (Wildman–Crippen LogP) is 3.93. The van der Waals surface area contributed by atoms with E-state index in [2.05, 4.69) is 10.6 Å². The lowest BCUT2D eigenvalue weighted by molar-refractivity contribution is -0.129. The third-order valence-electron chi connectivity index (χ3n) is 4.29. The molecule has 0 heterocycles. The van der Waals surface area contributed by atoms with E-state index in [0.717, 1.165) is 12.1 Å². The van der Waals surface area contributed by atoms with Gasteiger partial charge in [-0.05, 0) is 52.7 Å². The monoisotopic (exact) mass is 400 g/mol. The van der Waals surface area contributed by atoms with E-state index < -0.39 is 40.9 Å². The van der Waals surface area contributed by atoms with E-state index in [1.165, 1.54) is 13.0 Å². The number of carbonyl (C=O) groups is 2. The second-order valence-electron chi connectivity index (χ2n) is 7.67. The summed E-state index contributed by atoms with van der Waals surface area (Å²) in [6, 6.07) is 3.07. The summed E-state index contributed by atoms with van der Waals surface area (Å²) in [5, 5.41) is 5.57. The van der Waals surface area contributed by atoms with Crippen LogP contribution in [0.25, 0.3) is 0 Å². The van der Waals surface area contributed by atoms with Gasteiger partial charge in [-0.15, -0.1) is 0 Å². The summed E-state index contributed by atoms with van der Waals surface area (Å²) >= 11 is 0. The maximum atomic E-state index is 13.3. The van der Waals surface area contributed by atoms with E-state index in [-0.39, 0.29) is 12.3 Å². The molecule has 1 aromatic carbocycles. The van der Waals surface area contributed by atoms with Crippen LogP contribution in [0.1, 0.15) is 54.4 Å². The molecule has 1 rings (SSSR count). The Bertz CT molecular complexity index is 685. The normalized spacial score (nSPS) is 12.9. The van der Waals surface area contributed by atoms with Gasteiger partial charge in [-0.25, -0.2) is 13.6 Å². The molecule has 6 nitrogen and oxygen atoms in total. The maximum absolute atomic E-state index is 13.3. The minimum atomic E-state index is -1.05. The first-order valence-corrected chi connectivity index (χ1v) is 9.32. The lowest BCUT2D eigenvalue weighted by Gasteiger charge is -2.34. The van der Waals surface area contributed by atoms with E-state index in [0.29, 0.717) is 12.8 Å². The molecule has 0 aliphatic rings. The van der Waals surface area contributed by atoms with Gasteiger partial charge in [0.15, 0.2) is 17.7 Å². The molecule has 0 bridgehead atoms. The van der Waals surface area contributed by atoms with Gasteiger partial charge in [-0.1, -0.05) is 13.8 Å². The molecule has 0 aliphatic heterocycles. The topological polar surface area (TPSA) is 76.7 Å². The molecule has 0 aliphatic carbocycles. The Labute approximate surface area is 165 Å². The second-order valence-corrected chi connectivity index (χ2v) is 7.67. The van der Waals surface area contributed by atoms with E-state index in [1.54, 1.807) is 20.8 Å². The SMILES string of the molecule is CCC(CC)(CNC(=O)OC(C)(C)C)NC(=O)C(C)Oc1ccc(F)c(F)c1. The van der Waals surface area contributed by atoms with Gasteiger partial charge in [0.1, 0.15) is 11.4 Å². The first-order chi connectivity index (χ1) is 12.9. The fourth-order valence-electron chi connectivity index (χ4n) is 2.45. The Hall–Kier alpha value is -2.38. The van der Waals surface area contributed by atoms with E-state index >= 15 is 0 Å². The average Bonchev–Trinajstić information content (AvgIpc) is 2.60. The van der Waals surface area contributed by atoms with Gasteiger partial charge in [0.25, 0.3) is 5.91 Å². The van der Waals surface area contributed by atoms with Crippen LogP contribution in [0.3, 0.4) is 0 Å². The largest absolute Gasteiger partial charge is 0.481 e. The lowest BCUT2D eigenvalue weighted by Crippen LogP contribution is -2.57. The van der Waals surface area contributed by atoms with Crippen LogP contribution in [0.2, 0.25) is 0 Å². The van der Waals surface area contributed by atoms with Crippen molar-refractivity contribution in [2.75, 3.05) is 6.54 Å². The first-order valence-electron chi connectivity index (χ1n) is 9.32. The number of ether oxygens (including phenoxy) is 2. The average molecular weight is 400 g/mol. The van der Waals surface area contributed by atoms with Gasteiger partial charge in [0.2, 0.25) is 0 Å². The van der Waals surface area contributed by atoms with Crippen LogP contribution in [0, 0.1) is 11.6 Å². The molecule has 0 radical (unpaired) electrons. The highest BCUT2D eigenvalue weighted by atomic mass is 19.2. The third kappa shape index (κ3) is 7.32. The third-order valence-corrected chi connectivity index (χ3v) is 4.29. The van der Waals surface area contributed by atoms with E-state index in [1.807, 2.05) is 13.8 Å². The first kappa shape index (κ1) is 23.7. The number of amides is 2. The molecule has 1 aromatic rings. The second kappa shape index (κ2) is 9.71. The number of halogens is 2. The number of benzene rings is 1. The molecular weight excluding hydrogens is 370 g/mol. The quantitative estimate of drug-likeness (QED) is 0.693. The molecule has 2 amide bonds. The van der Waals surface area contributed by atoms with Gasteiger partial charge in [0.05, 0.1) is 5.54 Å². The van der Waals surface area contributed by atoms with Crippen LogP contribution in [0.5, 0.6) is 5.75 Å². The molecule has 0 fully saturated rings. The van der Waals surface area contributed by atoms with Crippen molar-refractivity contribution in [3.8, 4) is 5.75 Å². The summed E-state index contributed by atoms with van der Waals surface area (Å²) in [7, 11) is 0. The Kier molecular flexibility index (Phi) is 8.20. The number of hydrogen-bond acceptors (Lipinski definition) is 4. The zero-order valence-electron chi connectivity index (χ0n) is 17.3. The van der Waals surface area contributed by atoms with Crippen molar-refractivity contribution in [2.24, 2.45) is 0 Å². The number of alkyl carbamates (subject to hydrolysis) is 1. The molecule has 1 unspecified atom stereocenters. The fraction of sp³-hybridized carbons (Fsp3) is 0.600. The number of rotatable bonds is 8. The summed E-state index contributed by atoms with van der Waals surface area (Å²) in [5.41, 5.74) is -1.32. The van der Waals surface area contributed by atoms with E-state index in [9.17, 15) is 18.4 Å². The van der Waals surface area contributed by atoms with Crippen LogP contribution < -0.4 is 15.4 Å². The Morgan fingerprint density at radius 3 is 2.21 bits per heavy atom. The summed E-state index contributed by atoms with van der Waals surface area (Å²) in [6.45, 7) is 10.8. The number of hydrogen-bond donors (Lipinski definition) is 2. The number of nitrogens with one attached hydrogen (secondary N) is 2. The zero-order valence-corrected chi connectivity index (χ0v) is 17.3. The predicted molar refractivity (Wildman–Crippen MR) is 102 cm³/mol. The minimum Gasteiger partial charge on any atom is -0.481 e. The molecule has 158 valence electrons. The highest BCUT2D eigenvalue weighted by Gasteiger charge is 2.31. The van der Waals surface area contributed by atoms with Crippen LogP contribution in [0.15, 0.2) is 18.2 Å². The van der Waals surface area contributed by atoms with E-state index in [4.69, 9.17) is 9.47 Å². The minimum absolute atomic E-state index is 0.0482. The van der Waals surface area contributed by atoms with Crippen molar-refractivity contribution in [3.63, 3.8) is 0 Å². The molecule has 0 saturated carbocycles. The molecule has 0 spiro atoms. The summed E-state index contributed by atoms with van der Waals surface area (Å²) in [5.74, 6) is -2.43. The lowest BCUT2D eigenvalue weighted by atomic mass is 9.92. The van der Waals surface area contributed by atoms with Gasteiger partial charge in [0, 0.05) is 12.6 Å². The van der Waals surface area contributed by atoms with Crippen molar-refractivity contribution < 1.29 is 27.8 Å². The van der Waals surface area contributed by atoms with Crippen LogP contribution in [-0.4, -0.2) is 35.8 Å². The van der Waals surface area contributed by atoms with Crippen molar-refractivity contribution in [1.82, 2.24) is 10.6 Å². The van der Waals surface area contributed by atoms with Crippen molar-refractivity contribution in [3.05, 3.63) is 29.8 Å². The Morgan fingerprint density at radius 1 is 1.11 bits per heavy atom. The molecule has 0 saturated heterocycles. The number of carbonyl (C=O) groups excluding carboxylic acids is 2. The van der Waals surface area contributed by atoms with Crippen molar-refractivity contribution >= 4 is 12.0 Å². The summed E-state index contributed by atoms with van der Waals surface area (Å²) in [6.07, 6.45) is -0.394. The molecule has 1 atom stereocenters. The molecule has 8 heteroatoms. The Balaban J connectivity index is 2.73. The Morgan fingerprint density at radius 2 is 1.71 bits per heavy atom. The maximum Gasteiger partial charge on any atom is 0.407 e. The standard InChI is InChI=1S/C20H30F2N2O4/c1-7-20(8-2,12-23-18(26)28-19(4,5)6)24-17(25)13(3)27-14-9-10-15(21)16(22)11-14/h9-11,13H,7-8,12H2,1-6H3,(H,23,26)(H,24,25). The highest BCUT2D eigenvalue weighted by Crippen LogP contribution is 2.19. The van der Waals surface area contributed by atoms with Gasteiger partial charge in [-0.3, -0.25) is 4.79 Å². The van der Waals surface area contributed by atoms with Crippen molar-refractivity contribution in [1.29, 1.82) is 0 Å². The molecule has 28 heavy (non-hydrogen) atoms. The summed E-state index contributed by atoms with van der Waals surface area (Å²) in [4.78, 5) is 24.5. The highest BCUT2D eigenvalue weighted by molar-refractivity contribution is 5.81. The fourth-order valence-corrected chi connectivity index (χ4v) is 2.45.